The highest BCUT2D eigenvalue weighted by Gasteiger charge is 2.18. The Morgan fingerprint density at radius 1 is 1.60 bits per heavy atom. The molecule has 1 unspecified atom stereocenters. The van der Waals surface area contributed by atoms with E-state index in [0.717, 1.165) is 12.0 Å². The molecule has 0 bridgehead atoms. The van der Waals surface area contributed by atoms with Crippen molar-refractivity contribution in [2.75, 3.05) is 6.54 Å². The summed E-state index contributed by atoms with van der Waals surface area (Å²) in [5, 5.41) is 13.1. The molecule has 0 saturated carbocycles. The van der Waals surface area contributed by atoms with Gasteiger partial charge in [0.25, 0.3) is 0 Å². The fraction of sp³-hybridized carbons (Fsp3) is 0.583. The van der Waals surface area contributed by atoms with Crippen LogP contribution in [0, 0.1) is 0 Å². The lowest BCUT2D eigenvalue weighted by molar-refractivity contribution is 0.0533. The lowest BCUT2D eigenvalue weighted by Gasteiger charge is -2.24. The Morgan fingerprint density at radius 3 is 2.87 bits per heavy atom. The van der Waals surface area contributed by atoms with E-state index < -0.39 is 5.60 Å². The second kappa shape index (κ2) is 5.24. The van der Waals surface area contributed by atoms with Crippen LogP contribution in [0.5, 0.6) is 0 Å². The van der Waals surface area contributed by atoms with Crippen molar-refractivity contribution in [3.05, 3.63) is 30.1 Å². The molecule has 0 radical (unpaired) electrons. The van der Waals surface area contributed by atoms with E-state index in [-0.39, 0.29) is 6.04 Å². The first-order chi connectivity index (χ1) is 7.05. The van der Waals surface area contributed by atoms with Gasteiger partial charge in [0.15, 0.2) is 0 Å². The summed E-state index contributed by atoms with van der Waals surface area (Å²) < 4.78 is 0. The first-order valence-electron chi connectivity index (χ1n) is 5.41. The van der Waals surface area contributed by atoms with Crippen LogP contribution in [0.4, 0.5) is 0 Å². The molecule has 1 rings (SSSR count). The molecule has 0 amide bonds. The lowest BCUT2D eigenvalue weighted by atomic mass is 10.0. The van der Waals surface area contributed by atoms with Crippen LogP contribution in [-0.2, 0) is 0 Å². The summed E-state index contributed by atoms with van der Waals surface area (Å²) in [5.74, 6) is 0. The van der Waals surface area contributed by atoms with Crippen molar-refractivity contribution in [3.8, 4) is 0 Å². The van der Waals surface area contributed by atoms with E-state index >= 15 is 0 Å². The van der Waals surface area contributed by atoms with Gasteiger partial charge in [-0.3, -0.25) is 4.98 Å². The minimum atomic E-state index is -0.629. The van der Waals surface area contributed by atoms with E-state index in [1.165, 1.54) is 0 Å². The van der Waals surface area contributed by atoms with E-state index in [1.807, 2.05) is 32.2 Å². The Balaban J connectivity index is 2.47. The van der Waals surface area contributed by atoms with Gasteiger partial charge in [0.2, 0.25) is 0 Å². The predicted octanol–water partition coefficient (Wildman–Crippen LogP) is 1.89. The first kappa shape index (κ1) is 12.1. The number of nitrogens with zero attached hydrogens (tertiary/aromatic N) is 1. The molecule has 0 saturated heterocycles. The van der Waals surface area contributed by atoms with E-state index in [4.69, 9.17) is 0 Å². The summed E-state index contributed by atoms with van der Waals surface area (Å²) in [4.78, 5) is 4.07. The van der Waals surface area contributed by atoms with E-state index in [2.05, 4.69) is 17.2 Å². The first-order valence-corrected chi connectivity index (χ1v) is 5.41. The Morgan fingerprint density at radius 2 is 2.33 bits per heavy atom. The molecule has 0 aromatic carbocycles. The molecule has 3 heteroatoms. The Hall–Kier alpha value is -0.930. The van der Waals surface area contributed by atoms with Gasteiger partial charge >= 0.3 is 0 Å². The van der Waals surface area contributed by atoms with Crippen LogP contribution in [0.25, 0.3) is 0 Å². The largest absolute Gasteiger partial charge is 0.389 e. The van der Waals surface area contributed by atoms with Gasteiger partial charge in [-0.1, -0.05) is 13.0 Å². The van der Waals surface area contributed by atoms with Crippen LogP contribution in [-0.4, -0.2) is 22.2 Å². The number of aliphatic hydroxyl groups is 1. The van der Waals surface area contributed by atoms with Gasteiger partial charge in [-0.2, -0.15) is 0 Å². The third-order valence-electron chi connectivity index (χ3n) is 2.74. The fourth-order valence-corrected chi connectivity index (χ4v) is 1.25. The maximum atomic E-state index is 9.84. The minimum Gasteiger partial charge on any atom is -0.389 e. The van der Waals surface area contributed by atoms with Gasteiger partial charge < -0.3 is 10.4 Å². The Labute approximate surface area is 91.5 Å². The maximum absolute atomic E-state index is 9.84. The zero-order chi connectivity index (χ0) is 11.3. The topological polar surface area (TPSA) is 45.1 Å². The monoisotopic (exact) mass is 208 g/mol. The third-order valence-corrected chi connectivity index (χ3v) is 2.74. The second-order valence-electron chi connectivity index (χ2n) is 4.24. The van der Waals surface area contributed by atoms with Crippen molar-refractivity contribution >= 4 is 0 Å². The van der Waals surface area contributed by atoms with E-state index in [0.29, 0.717) is 6.54 Å². The summed E-state index contributed by atoms with van der Waals surface area (Å²) in [6.07, 6.45) is 4.36. The van der Waals surface area contributed by atoms with Crippen molar-refractivity contribution in [2.45, 2.75) is 38.8 Å². The van der Waals surface area contributed by atoms with Crippen molar-refractivity contribution < 1.29 is 5.11 Å². The summed E-state index contributed by atoms with van der Waals surface area (Å²) in [7, 11) is 0. The zero-order valence-electron chi connectivity index (χ0n) is 9.70. The van der Waals surface area contributed by atoms with Crippen LogP contribution in [0.1, 0.15) is 38.8 Å². The van der Waals surface area contributed by atoms with Crippen LogP contribution < -0.4 is 5.32 Å². The van der Waals surface area contributed by atoms with Crippen molar-refractivity contribution in [2.24, 2.45) is 0 Å². The van der Waals surface area contributed by atoms with Gasteiger partial charge in [0.05, 0.1) is 5.60 Å². The highest BCUT2D eigenvalue weighted by Crippen LogP contribution is 2.12. The summed E-state index contributed by atoms with van der Waals surface area (Å²) in [6.45, 7) is 6.49. The van der Waals surface area contributed by atoms with E-state index in [1.54, 1.807) is 6.20 Å². The normalized spacial score (nSPS) is 17.1. The summed E-state index contributed by atoms with van der Waals surface area (Å²) >= 11 is 0. The average Bonchev–Trinajstić information content (AvgIpc) is 2.27. The third kappa shape index (κ3) is 3.98. The molecule has 0 aliphatic heterocycles. The standard InChI is InChI=1S/C12H20N2O/c1-4-12(3,15)9-14-10(2)11-6-5-7-13-8-11/h5-8,10,14-15H,4,9H2,1-3H3/t10-,12?/m1/s1. The number of pyridine rings is 1. The molecule has 1 heterocycles. The van der Waals surface area contributed by atoms with Crippen LogP contribution >= 0.6 is 0 Å². The molecule has 0 aliphatic carbocycles. The molecule has 2 atom stereocenters. The highest BCUT2D eigenvalue weighted by atomic mass is 16.3. The summed E-state index contributed by atoms with van der Waals surface area (Å²) in [6, 6.07) is 4.17. The number of rotatable bonds is 5. The van der Waals surface area contributed by atoms with Crippen molar-refractivity contribution in [1.29, 1.82) is 0 Å². The molecule has 1 aromatic rings. The molecular formula is C12H20N2O. The molecule has 0 spiro atoms. The number of hydrogen-bond donors (Lipinski definition) is 2. The lowest BCUT2D eigenvalue weighted by Crippen LogP contribution is -2.38. The maximum Gasteiger partial charge on any atom is 0.0741 e. The molecule has 1 aromatic heterocycles. The minimum absolute atomic E-state index is 0.219. The average molecular weight is 208 g/mol. The van der Waals surface area contributed by atoms with Gasteiger partial charge in [-0.15, -0.1) is 0 Å². The predicted molar refractivity (Wildman–Crippen MR) is 61.6 cm³/mol. The molecular weight excluding hydrogens is 188 g/mol. The van der Waals surface area contributed by atoms with Crippen LogP contribution in [0.15, 0.2) is 24.5 Å². The van der Waals surface area contributed by atoms with Crippen molar-refractivity contribution in [1.82, 2.24) is 10.3 Å². The summed E-state index contributed by atoms with van der Waals surface area (Å²) in [5.41, 5.74) is 0.514. The van der Waals surface area contributed by atoms with Gasteiger partial charge in [0.1, 0.15) is 0 Å². The number of nitrogens with one attached hydrogen (secondary N) is 1. The van der Waals surface area contributed by atoms with Gasteiger partial charge in [-0.25, -0.2) is 0 Å². The smallest absolute Gasteiger partial charge is 0.0741 e. The quantitative estimate of drug-likeness (QED) is 0.776. The molecule has 15 heavy (non-hydrogen) atoms. The van der Waals surface area contributed by atoms with E-state index in [9.17, 15) is 5.11 Å². The molecule has 0 aliphatic rings. The Kier molecular flexibility index (Phi) is 4.24. The zero-order valence-corrected chi connectivity index (χ0v) is 9.70. The molecule has 3 nitrogen and oxygen atoms in total. The van der Waals surface area contributed by atoms with Gasteiger partial charge in [-0.05, 0) is 31.9 Å². The van der Waals surface area contributed by atoms with Crippen LogP contribution in [0.2, 0.25) is 0 Å². The number of hydrogen-bond acceptors (Lipinski definition) is 3. The van der Waals surface area contributed by atoms with Crippen LogP contribution in [0.3, 0.4) is 0 Å². The fourth-order valence-electron chi connectivity index (χ4n) is 1.25. The number of aromatic nitrogens is 1. The second-order valence-corrected chi connectivity index (χ2v) is 4.24. The molecule has 84 valence electrons. The SMILES string of the molecule is CCC(C)(O)CN[C@H](C)c1cccnc1. The van der Waals surface area contributed by atoms with Gasteiger partial charge in [0, 0.05) is 25.0 Å². The van der Waals surface area contributed by atoms with Crippen molar-refractivity contribution in [3.63, 3.8) is 0 Å². The molecule has 2 N–H and O–H groups in total. The Bertz CT molecular complexity index is 285. The molecule has 0 fully saturated rings. The highest BCUT2D eigenvalue weighted by molar-refractivity contribution is 5.12.